The van der Waals surface area contributed by atoms with E-state index < -0.39 is 5.91 Å². The number of carbonyl (C=O) groups is 1. The van der Waals surface area contributed by atoms with Gasteiger partial charge in [0.1, 0.15) is 24.9 Å². The van der Waals surface area contributed by atoms with Crippen LogP contribution in [0.15, 0.2) is 90.5 Å². The van der Waals surface area contributed by atoms with Gasteiger partial charge in [0.25, 0.3) is 5.91 Å². The third-order valence-corrected chi connectivity index (χ3v) is 6.57. The van der Waals surface area contributed by atoms with Crippen molar-refractivity contribution in [2.24, 2.45) is 0 Å². The van der Waals surface area contributed by atoms with E-state index in [0.717, 1.165) is 11.1 Å². The average Bonchev–Trinajstić information content (AvgIpc) is 3.01. The Kier molecular flexibility index (Phi) is 11.3. The highest BCUT2D eigenvalue weighted by atomic mass is 35.5. The molecule has 43 heavy (non-hydrogen) atoms. The molecule has 4 aromatic rings. The second-order valence-electron chi connectivity index (χ2n) is 9.17. The molecule has 0 saturated heterocycles. The van der Waals surface area contributed by atoms with Gasteiger partial charge in [-0.15, -0.1) is 0 Å². The van der Waals surface area contributed by atoms with Crippen LogP contribution in [0.25, 0.3) is 6.08 Å². The third-order valence-electron chi connectivity index (χ3n) is 6.04. The Bertz CT molecular complexity index is 1620. The van der Waals surface area contributed by atoms with Crippen molar-refractivity contribution >= 4 is 40.9 Å². The van der Waals surface area contributed by atoms with Crippen LogP contribution in [-0.4, -0.2) is 19.1 Å². The van der Waals surface area contributed by atoms with Crippen LogP contribution in [-0.2, 0) is 18.0 Å². The molecule has 0 aliphatic carbocycles. The van der Waals surface area contributed by atoms with Crippen LogP contribution < -0.4 is 24.3 Å². The summed E-state index contributed by atoms with van der Waals surface area (Å²) >= 11 is 12.5. The summed E-state index contributed by atoms with van der Waals surface area (Å²) in [5, 5.41) is 13.1. The van der Waals surface area contributed by atoms with Crippen LogP contribution in [0.1, 0.15) is 30.5 Å². The summed E-state index contributed by atoms with van der Waals surface area (Å²) in [6.07, 6.45) is 1.44. The van der Waals surface area contributed by atoms with E-state index in [0.29, 0.717) is 59.1 Å². The van der Waals surface area contributed by atoms with Gasteiger partial charge in [-0.3, -0.25) is 4.79 Å². The number of nitriles is 1. The predicted molar refractivity (Wildman–Crippen MR) is 169 cm³/mol. The second kappa shape index (κ2) is 15.5. The largest absolute Gasteiger partial charge is 0.490 e. The molecule has 4 aromatic carbocycles. The number of benzene rings is 4. The van der Waals surface area contributed by atoms with E-state index in [1.54, 1.807) is 36.4 Å². The minimum atomic E-state index is -0.569. The lowest BCUT2D eigenvalue weighted by Crippen LogP contribution is -2.13. The SMILES string of the molecule is CCOc1cc(COc2c(Cl)cc(/C=C(/C#N)C(=O)Nc3ccc(Cl)cc3)cc2OCC)ccc1OCc1ccccc1. The van der Waals surface area contributed by atoms with Gasteiger partial charge in [0, 0.05) is 10.7 Å². The lowest BCUT2D eigenvalue weighted by atomic mass is 10.1. The Labute approximate surface area is 261 Å². The van der Waals surface area contributed by atoms with E-state index in [2.05, 4.69) is 5.32 Å². The van der Waals surface area contributed by atoms with Gasteiger partial charge in [0.05, 0.1) is 18.2 Å². The molecule has 1 amide bonds. The first-order chi connectivity index (χ1) is 20.9. The highest BCUT2D eigenvalue weighted by molar-refractivity contribution is 6.32. The molecule has 0 aliphatic rings. The molecule has 0 radical (unpaired) electrons. The summed E-state index contributed by atoms with van der Waals surface area (Å²) in [6, 6.07) is 27.3. The maximum absolute atomic E-state index is 12.7. The quantitative estimate of drug-likeness (QED) is 0.120. The summed E-state index contributed by atoms with van der Waals surface area (Å²) in [6.45, 7) is 5.17. The van der Waals surface area contributed by atoms with Crippen molar-refractivity contribution in [3.05, 3.63) is 117 Å². The summed E-state index contributed by atoms with van der Waals surface area (Å²) in [7, 11) is 0. The van der Waals surface area contributed by atoms with Gasteiger partial charge in [-0.2, -0.15) is 5.26 Å². The number of hydrogen-bond donors (Lipinski definition) is 1. The molecule has 220 valence electrons. The highest BCUT2D eigenvalue weighted by Crippen LogP contribution is 2.38. The molecule has 4 rings (SSSR count). The van der Waals surface area contributed by atoms with E-state index in [1.807, 2.05) is 68.4 Å². The van der Waals surface area contributed by atoms with Crippen molar-refractivity contribution in [3.63, 3.8) is 0 Å². The first kappa shape index (κ1) is 31.3. The molecule has 0 aromatic heterocycles. The van der Waals surface area contributed by atoms with E-state index in [-0.39, 0.29) is 17.2 Å². The predicted octanol–water partition coefficient (Wildman–Crippen LogP) is 8.49. The molecule has 0 spiro atoms. The molecule has 0 aliphatic heterocycles. The maximum atomic E-state index is 12.7. The van der Waals surface area contributed by atoms with Crippen molar-refractivity contribution in [2.45, 2.75) is 27.1 Å². The van der Waals surface area contributed by atoms with Crippen LogP contribution in [0, 0.1) is 11.3 Å². The Morgan fingerprint density at radius 2 is 1.49 bits per heavy atom. The molecule has 9 heteroatoms. The van der Waals surface area contributed by atoms with Gasteiger partial charge < -0.3 is 24.3 Å². The van der Waals surface area contributed by atoms with Gasteiger partial charge in [-0.05, 0) is 85.1 Å². The van der Waals surface area contributed by atoms with E-state index in [4.69, 9.17) is 42.1 Å². The number of amides is 1. The van der Waals surface area contributed by atoms with Crippen molar-refractivity contribution in [1.29, 1.82) is 5.26 Å². The fourth-order valence-electron chi connectivity index (χ4n) is 4.04. The fraction of sp³-hybridized carbons (Fsp3) is 0.176. The molecule has 0 unspecified atom stereocenters. The molecule has 0 saturated carbocycles. The van der Waals surface area contributed by atoms with E-state index >= 15 is 0 Å². The zero-order valence-corrected chi connectivity index (χ0v) is 25.2. The van der Waals surface area contributed by atoms with E-state index in [1.165, 1.54) is 6.08 Å². The Morgan fingerprint density at radius 3 is 2.19 bits per heavy atom. The van der Waals surface area contributed by atoms with Crippen molar-refractivity contribution in [1.82, 2.24) is 0 Å². The molecule has 0 atom stereocenters. The van der Waals surface area contributed by atoms with Crippen molar-refractivity contribution in [2.75, 3.05) is 18.5 Å². The second-order valence-corrected chi connectivity index (χ2v) is 10.0. The lowest BCUT2D eigenvalue weighted by Gasteiger charge is -2.16. The highest BCUT2D eigenvalue weighted by Gasteiger charge is 2.16. The molecule has 0 fully saturated rings. The summed E-state index contributed by atoms with van der Waals surface area (Å²) in [4.78, 5) is 12.7. The Balaban J connectivity index is 1.50. The molecule has 7 nitrogen and oxygen atoms in total. The number of rotatable bonds is 13. The molecular weight excluding hydrogens is 587 g/mol. The minimum absolute atomic E-state index is 0.111. The molecule has 0 bridgehead atoms. The molecular formula is C34H30Cl2N2O5. The number of nitrogens with zero attached hydrogens (tertiary/aromatic N) is 1. The van der Waals surface area contributed by atoms with Crippen LogP contribution in [0.5, 0.6) is 23.0 Å². The average molecular weight is 618 g/mol. The topological polar surface area (TPSA) is 89.8 Å². The summed E-state index contributed by atoms with van der Waals surface area (Å²) < 4.78 is 23.7. The molecule has 1 N–H and O–H groups in total. The van der Waals surface area contributed by atoms with Gasteiger partial charge in [0.2, 0.25) is 0 Å². The van der Waals surface area contributed by atoms with Crippen molar-refractivity contribution < 1.29 is 23.7 Å². The molecule has 0 heterocycles. The number of carbonyl (C=O) groups excluding carboxylic acids is 1. The number of ether oxygens (including phenoxy) is 4. The normalized spacial score (nSPS) is 10.9. The number of halogens is 2. The van der Waals surface area contributed by atoms with Gasteiger partial charge in [0.15, 0.2) is 23.0 Å². The van der Waals surface area contributed by atoms with Crippen LogP contribution in [0.2, 0.25) is 10.0 Å². The van der Waals surface area contributed by atoms with Crippen LogP contribution in [0.3, 0.4) is 0 Å². The smallest absolute Gasteiger partial charge is 0.266 e. The van der Waals surface area contributed by atoms with Gasteiger partial charge >= 0.3 is 0 Å². The monoisotopic (exact) mass is 616 g/mol. The van der Waals surface area contributed by atoms with Crippen LogP contribution in [0.4, 0.5) is 5.69 Å². The summed E-state index contributed by atoms with van der Waals surface area (Å²) in [5.74, 6) is 1.39. The van der Waals surface area contributed by atoms with Crippen molar-refractivity contribution in [3.8, 4) is 29.1 Å². The Hall–Kier alpha value is -4.64. The van der Waals surface area contributed by atoms with Gasteiger partial charge in [-0.1, -0.05) is 59.6 Å². The zero-order valence-electron chi connectivity index (χ0n) is 23.7. The summed E-state index contributed by atoms with van der Waals surface area (Å²) in [5.41, 5.74) is 2.79. The lowest BCUT2D eigenvalue weighted by molar-refractivity contribution is -0.112. The van der Waals surface area contributed by atoms with E-state index in [9.17, 15) is 10.1 Å². The number of nitrogens with one attached hydrogen (secondary N) is 1. The Morgan fingerprint density at radius 1 is 0.791 bits per heavy atom. The minimum Gasteiger partial charge on any atom is -0.490 e. The fourth-order valence-corrected chi connectivity index (χ4v) is 4.44. The van der Waals surface area contributed by atoms with Crippen LogP contribution >= 0.6 is 23.2 Å². The number of hydrogen-bond acceptors (Lipinski definition) is 6. The standard InChI is InChI=1S/C34H30Cl2N2O5/c1-3-40-31-18-24(10-15-30(31)42-21-23-8-6-5-7-9-23)22-43-33-29(36)17-25(19-32(33)41-4-2)16-26(20-37)34(39)38-28-13-11-27(35)12-14-28/h5-19H,3-4,21-22H2,1-2H3,(H,38,39)/b26-16-. The first-order valence-corrected chi connectivity index (χ1v) is 14.4. The number of anilines is 1. The third kappa shape index (κ3) is 8.92. The zero-order chi connectivity index (χ0) is 30.6. The maximum Gasteiger partial charge on any atom is 0.266 e. The first-order valence-electron chi connectivity index (χ1n) is 13.6. The van der Waals surface area contributed by atoms with Gasteiger partial charge in [-0.25, -0.2) is 0 Å².